The molecule has 2 N–H and O–H groups in total. The molecule has 0 radical (unpaired) electrons. The molecule has 0 aliphatic carbocycles. The normalized spacial score (nSPS) is 14.3. The lowest BCUT2D eigenvalue weighted by molar-refractivity contribution is 0.581. The fourth-order valence-electron chi connectivity index (χ4n) is 1.80. The first-order valence-corrected chi connectivity index (χ1v) is 6.17. The van der Waals surface area contributed by atoms with Crippen LogP contribution in [0.3, 0.4) is 0 Å². The lowest BCUT2D eigenvalue weighted by Gasteiger charge is -2.26. The Morgan fingerprint density at radius 3 is 2.28 bits per heavy atom. The highest BCUT2D eigenvalue weighted by Gasteiger charge is 2.24. The van der Waals surface area contributed by atoms with E-state index < -0.39 is 5.54 Å². The van der Waals surface area contributed by atoms with Crippen molar-refractivity contribution in [1.29, 1.82) is 0 Å². The van der Waals surface area contributed by atoms with Crippen LogP contribution in [0.25, 0.3) is 0 Å². The van der Waals surface area contributed by atoms with Gasteiger partial charge in [0.25, 0.3) is 0 Å². The van der Waals surface area contributed by atoms with Gasteiger partial charge in [0.15, 0.2) is 0 Å². The van der Waals surface area contributed by atoms with Crippen LogP contribution in [0.15, 0.2) is 42.5 Å². The Morgan fingerprint density at radius 2 is 1.67 bits per heavy atom. The van der Waals surface area contributed by atoms with Crippen LogP contribution in [-0.4, -0.2) is 0 Å². The average Bonchev–Trinajstić information content (AvgIpc) is 2.32. The fourth-order valence-corrected chi connectivity index (χ4v) is 2.10. The van der Waals surface area contributed by atoms with Gasteiger partial charge in [-0.2, -0.15) is 0 Å². The van der Waals surface area contributed by atoms with Gasteiger partial charge < -0.3 is 5.73 Å². The molecule has 0 aliphatic rings. The smallest absolute Gasteiger partial charge is 0.123 e. The van der Waals surface area contributed by atoms with E-state index in [-0.39, 0.29) is 5.82 Å². The molecule has 0 saturated heterocycles. The predicted molar refractivity (Wildman–Crippen MR) is 73.5 cm³/mol. The minimum Gasteiger partial charge on any atom is -0.318 e. The molecule has 4 heteroatoms. The van der Waals surface area contributed by atoms with Crippen molar-refractivity contribution in [3.8, 4) is 0 Å². The molecule has 0 aromatic heterocycles. The van der Waals surface area contributed by atoms with Gasteiger partial charge in [-0.15, -0.1) is 0 Å². The summed E-state index contributed by atoms with van der Waals surface area (Å²) in [7, 11) is 0. The molecule has 94 valence electrons. The number of nitrogens with two attached hydrogens (primary N) is 1. The summed E-state index contributed by atoms with van der Waals surface area (Å²) in [5.41, 5.74) is 6.92. The topological polar surface area (TPSA) is 26.0 Å². The lowest BCUT2D eigenvalue weighted by Crippen LogP contribution is -2.34. The van der Waals surface area contributed by atoms with E-state index in [4.69, 9.17) is 28.9 Å². The van der Waals surface area contributed by atoms with E-state index >= 15 is 0 Å². The van der Waals surface area contributed by atoms with E-state index in [1.165, 1.54) is 12.1 Å². The zero-order valence-electron chi connectivity index (χ0n) is 9.75. The highest BCUT2D eigenvalue weighted by atomic mass is 35.5. The third-order valence-electron chi connectivity index (χ3n) is 2.94. The van der Waals surface area contributed by atoms with Crippen molar-refractivity contribution in [1.82, 2.24) is 0 Å². The van der Waals surface area contributed by atoms with Crippen molar-refractivity contribution in [3.05, 3.63) is 69.5 Å². The summed E-state index contributed by atoms with van der Waals surface area (Å²) in [6.45, 7) is 1.81. The average molecular weight is 284 g/mol. The zero-order valence-corrected chi connectivity index (χ0v) is 11.3. The molecule has 2 aromatic carbocycles. The molecule has 1 atom stereocenters. The summed E-state index contributed by atoms with van der Waals surface area (Å²) in [5.74, 6) is -0.316. The maximum absolute atomic E-state index is 13.3. The molecule has 1 nitrogen and oxygen atoms in total. The van der Waals surface area contributed by atoms with Gasteiger partial charge in [0.1, 0.15) is 5.82 Å². The monoisotopic (exact) mass is 283 g/mol. The van der Waals surface area contributed by atoms with Crippen molar-refractivity contribution in [2.24, 2.45) is 5.73 Å². The third kappa shape index (κ3) is 2.51. The number of hydrogen-bond donors (Lipinski definition) is 1. The molecular weight excluding hydrogens is 272 g/mol. The Morgan fingerprint density at radius 1 is 1.00 bits per heavy atom. The molecule has 0 spiro atoms. The van der Waals surface area contributed by atoms with Gasteiger partial charge in [0, 0.05) is 0 Å². The summed E-state index contributed by atoms with van der Waals surface area (Å²) < 4.78 is 13.3. The number of hydrogen-bond acceptors (Lipinski definition) is 1. The van der Waals surface area contributed by atoms with Crippen LogP contribution in [0.2, 0.25) is 10.0 Å². The summed E-state index contributed by atoms with van der Waals surface area (Å²) in [6.07, 6.45) is 0. The van der Waals surface area contributed by atoms with E-state index in [1.807, 2.05) is 0 Å². The number of halogens is 3. The molecule has 0 aliphatic heterocycles. The van der Waals surface area contributed by atoms with E-state index in [0.717, 1.165) is 5.56 Å². The van der Waals surface area contributed by atoms with Gasteiger partial charge in [0.2, 0.25) is 0 Å². The Kier molecular flexibility index (Phi) is 3.62. The first kappa shape index (κ1) is 13.3. The molecule has 0 heterocycles. The van der Waals surface area contributed by atoms with Gasteiger partial charge in [-0.25, -0.2) is 4.39 Å². The first-order chi connectivity index (χ1) is 8.41. The van der Waals surface area contributed by atoms with Crippen molar-refractivity contribution >= 4 is 23.2 Å². The standard InChI is InChI=1S/C14H12Cl2FN/c1-14(18,9-3-2-4-11(17)7-9)10-5-6-12(15)13(16)8-10/h2-8H,18H2,1H3. The van der Waals surface area contributed by atoms with Crippen LogP contribution < -0.4 is 5.73 Å². The Labute approximate surface area is 115 Å². The van der Waals surface area contributed by atoms with Crippen molar-refractivity contribution < 1.29 is 4.39 Å². The number of benzene rings is 2. The van der Waals surface area contributed by atoms with Gasteiger partial charge in [-0.1, -0.05) is 41.4 Å². The second-order valence-electron chi connectivity index (χ2n) is 4.34. The van der Waals surface area contributed by atoms with Crippen molar-refractivity contribution in [3.63, 3.8) is 0 Å². The van der Waals surface area contributed by atoms with E-state index in [2.05, 4.69) is 0 Å². The molecule has 2 rings (SSSR count). The van der Waals surface area contributed by atoms with Gasteiger partial charge >= 0.3 is 0 Å². The lowest BCUT2D eigenvalue weighted by atomic mass is 9.86. The van der Waals surface area contributed by atoms with E-state index in [0.29, 0.717) is 15.6 Å². The van der Waals surface area contributed by atoms with Crippen LogP contribution in [0, 0.1) is 5.82 Å². The maximum Gasteiger partial charge on any atom is 0.123 e. The van der Waals surface area contributed by atoms with Crippen LogP contribution >= 0.6 is 23.2 Å². The zero-order chi connectivity index (χ0) is 13.3. The summed E-state index contributed by atoms with van der Waals surface area (Å²) in [4.78, 5) is 0. The molecule has 0 amide bonds. The quantitative estimate of drug-likeness (QED) is 0.871. The Hall–Kier alpha value is -1.09. The Bertz CT molecular complexity index is 582. The molecule has 0 bridgehead atoms. The van der Waals surface area contributed by atoms with Crippen molar-refractivity contribution in [2.45, 2.75) is 12.5 Å². The second-order valence-corrected chi connectivity index (χ2v) is 5.16. The minimum absolute atomic E-state index is 0.316. The first-order valence-electron chi connectivity index (χ1n) is 5.42. The largest absolute Gasteiger partial charge is 0.318 e. The van der Waals surface area contributed by atoms with Gasteiger partial charge in [0.05, 0.1) is 15.6 Å². The van der Waals surface area contributed by atoms with E-state index in [9.17, 15) is 4.39 Å². The molecule has 1 unspecified atom stereocenters. The SMILES string of the molecule is CC(N)(c1cccc(F)c1)c1ccc(Cl)c(Cl)c1. The molecule has 0 saturated carbocycles. The highest BCUT2D eigenvalue weighted by Crippen LogP contribution is 2.31. The Balaban J connectivity index is 2.50. The number of rotatable bonds is 2. The predicted octanol–water partition coefficient (Wildman–Crippen LogP) is 4.35. The summed E-state index contributed by atoms with van der Waals surface area (Å²) in [5, 5.41) is 0.901. The van der Waals surface area contributed by atoms with Gasteiger partial charge in [-0.3, -0.25) is 0 Å². The molecule has 2 aromatic rings. The van der Waals surface area contributed by atoms with Crippen molar-refractivity contribution in [2.75, 3.05) is 0 Å². The van der Waals surface area contributed by atoms with Gasteiger partial charge in [-0.05, 0) is 42.3 Å². The van der Waals surface area contributed by atoms with E-state index in [1.54, 1.807) is 37.3 Å². The molecular formula is C14H12Cl2FN. The molecule has 18 heavy (non-hydrogen) atoms. The summed E-state index contributed by atoms with van der Waals surface area (Å²) >= 11 is 11.8. The second kappa shape index (κ2) is 4.88. The van der Waals surface area contributed by atoms with Crippen LogP contribution in [0.5, 0.6) is 0 Å². The third-order valence-corrected chi connectivity index (χ3v) is 3.68. The van der Waals surface area contributed by atoms with Crippen LogP contribution in [-0.2, 0) is 5.54 Å². The highest BCUT2D eigenvalue weighted by molar-refractivity contribution is 6.42. The minimum atomic E-state index is -0.823. The van der Waals surface area contributed by atoms with Crippen LogP contribution in [0.4, 0.5) is 4.39 Å². The van der Waals surface area contributed by atoms with Crippen LogP contribution in [0.1, 0.15) is 18.1 Å². The molecule has 0 fully saturated rings. The maximum atomic E-state index is 13.3. The fraction of sp³-hybridized carbons (Fsp3) is 0.143. The summed E-state index contributed by atoms with van der Waals surface area (Å²) in [6, 6.07) is 11.4.